The van der Waals surface area contributed by atoms with E-state index in [1.807, 2.05) is 18.2 Å². The molecule has 0 spiro atoms. The molecule has 3 N–H and O–H groups in total. The summed E-state index contributed by atoms with van der Waals surface area (Å²) in [4.78, 5) is 30.1. The summed E-state index contributed by atoms with van der Waals surface area (Å²) in [7, 11) is 0. The van der Waals surface area contributed by atoms with Crippen molar-refractivity contribution in [3.05, 3.63) is 94.2 Å². The molecule has 4 aromatic rings. The lowest BCUT2D eigenvalue weighted by Gasteiger charge is -2.31. The van der Waals surface area contributed by atoms with Crippen LogP contribution in [0.5, 0.6) is 0 Å². The smallest absolute Gasteiger partial charge is 0.407 e. The number of anilines is 1. The van der Waals surface area contributed by atoms with Gasteiger partial charge in [-0.3, -0.25) is 0 Å². The van der Waals surface area contributed by atoms with Crippen LogP contribution in [0.15, 0.2) is 60.8 Å². The van der Waals surface area contributed by atoms with Gasteiger partial charge in [-0.2, -0.15) is 9.78 Å². The molecular weight excluding hydrogens is 554 g/mol. The normalized spacial score (nSPS) is 16.6. The van der Waals surface area contributed by atoms with Crippen LogP contribution in [0.3, 0.4) is 0 Å². The van der Waals surface area contributed by atoms with Gasteiger partial charge < -0.3 is 20.5 Å². The summed E-state index contributed by atoms with van der Waals surface area (Å²) in [5.41, 5.74) is 15.3. The van der Waals surface area contributed by atoms with Gasteiger partial charge in [0.15, 0.2) is 5.82 Å². The van der Waals surface area contributed by atoms with E-state index < -0.39 is 12.1 Å². The molecule has 44 heavy (non-hydrogen) atoms. The van der Waals surface area contributed by atoms with Gasteiger partial charge in [0, 0.05) is 18.7 Å². The van der Waals surface area contributed by atoms with Crippen molar-refractivity contribution in [2.75, 3.05) is 25.4 Å². The number of piperidine rings is 1. The second-order valence-electron chi connectivity index (χ2n) is 11.7. The standard InChI is InChI=1S/C35H39N5O4/c1-3-23-19-22(11-14-27(23)24-15-17-39(18-16-24)35(42)43)20-26-13-12-25-7-5-8-28(32(25)26)30-9-6-10-31(38-30)40-33(36)29(21-37-40)34(41)44-4-2/h5-11,14,19,21,24,26H,3-4,12-13,15-18,20,36H2,1-2H3,(H,42,43). The van der Waals surface area contributed by atoms with E-state index in [4.69, 9.17) is 15.5 Å². The molecule has 1 amide bonds. The highest BCUT2D eigenvalue weighted by molar-refractivity contribution is 5.94. The summed E-state index contributed by atoms with van der Waals surface area (Å²) in [5.74, 6) is 1.01. The third-order valence-corrected chi connectivity index (χ3v) is 9.17. The quantitative estimate of drug-likeness (QED) is 0.227. The number of nitrogens with zero attached hydrogens (tertiary/aromatic N) is 4. The Labute approximate surface area is 257 Å². The largest absolute Gasteiger partial charge is 0.465 e. The SMILES string of the molecule is CCOC(=O)c1cnn(-c2cccc(-c3cccc4c3C(Cc3ccc(C5CCN(C(=O)O)CC5)c(CC)c3)CC4)n2)c1N. The first-order valence-corrected chi connectivity index (χ1v) is 15.6. The fourth-order valence-corrected chi connectivity index (χ4v) is 6.97. The first-order valence-electron chi connectivity index (χ1n) is 15.6. The van der Waals surface area contributed by atoms with Gasteiger partial charge in [0.2, 0.25) is 0 Å². The molecule has 1 aliphatic heterocycles. The number of aryl methyl sites for hydroxylation is 2. The first kappa shape index (κ1) is 29.4. The van der Waals surface area contributed by atoms with Crippen molar-refractivity contribution in [1.82, 2.24) is 19.7 Å². The van der Waals surface area contributed by atoms with Crippen molar-refractivity contribution in [2.24, 2.45) is 0 Å². The number of carboxylic acid groups (broad SMARTS) is 1. The third-order valence-electron chi connectivity index (χ3n) is 9.17. The van der Waals surface area contributed by atoms with Gasteiger partial charge in [-0.25, -0.2) is 14.6 Å². The zero-order chi connectivity index (χ0) is 30.8. The van der Waals surface area contributed by atoms with Crippen LogP contribution >= 0.6 is 0 Å². The Hall–Kier alpha value is -4.66. The number of amides is 1. The number of nitrogens with two attached hydrogens (primary N) is 1. The molecule has 1 fully saturated rings. The van der Waals surface area contributed by atoms with E-state index in [9.17, 15) is 14.7 Å². The van der Waals surface area contributed by atoms with E-state index in [1.165, 1.54) is 43.6 Å². The number of hydrogen-bond donors (Lipinski definition) is 2. The Kier molecular flexibility index (Phi) is 8.37. The molecule has 1 saturated heterocycles. The summed E-state index contributed by atoms with van der Waals surface area (Å²) >= 11 is 0. The molecule has 228 valence electrons. The number of aromatic nitrogens is 3. The number of likely N-dealkylation sites (tertiary alicyclic amines) is 1. The molecule has 1 atom stereocenters. The van der Waals surface area contributed by atoms with Crippen molar-refractivity contribution in [3.8, 4) is 17.1 Å². The number of esters is 1. The van der Waals surface area contributed by atoms with Gasteiger partial charge in [0.1, 0.15) is 11.4 Å². The number of pyridine rings is 1. The number of ether oxygens (including phenoxy) is 1. The number of benzene rings is 2. The van der Waals surface area contributed by atoms with E-state index in [2.05, 4.69) is 48.4 Å². The highest BCUT2D eigenvalue weighted by Crippen LogP contribution is 2.42. The summed E-state index contributed by atoms with van der Waals surface area (Å²) in [6.45, 7) is 5.42. The Morgan fingerprint density at radius 2 is 1.84 bits per heavy atom. The molecule has 0 saturated carbocycles. The van der Waals surface area contributed by atoms with E-state index in [0.29, 0.717) is 30.7 Å². The summed E-state index contributed by atoms with van der Waals surface area (Å²) in [6, 6.07) is 19.2. The Balaban J connectivity index is 1.25. The van der Waals surface area contributed by atoms with E-state index in [-0.39, 0.29) is 18.0 Å². The Morgan fingerprint density at radius 1 is 1.05 bits per heavy atom. The highest BCUT2D eigenvalue weighted by atomic mass is 16.5. The number of nitrogen functional groups attached to an aromatic ring is 1. The predicted molar refractivity (Wildman–Crippen MR) is 169 cm³/mol. The lowest BCUT2D eigenvalue weighted by Crippen LogP contribution is -2.37. The Morgan fingerprint density at radius 3 is 2.59 bits per heavy atom. The maximum Gasteiger partial charge on any atom is 0.407 e. The number of carbonyl (C=O) groups excluding carboxylic acids is 1. The minimum absolute atomic E-state index is 0.201. The number of rotatable bonds is 8. The summed E-state index contributed by atoms with van der Waals surface area (Å²) in [5, 5.41) is 13.7. The second kappa shape index (κ2) is 12.5. The summed E-state index contributed by atoms with van der Waals surface area (Å²) < 4.78 is 6.59. The predicted octanol–water partition coefficient (Wildman–Crippen LogP) is 6.39. The lowest BCUT2D eigenvalue weighted by molar-refractivity contribution is 0.0527. The van der Waals surface area contributed by atoms with Crippen molar-refractivity contribution in [1.29, 1.82) is 0 Å². The van der Waals surface area contributed by atoms with E-state index in [0.717, 1.165) is 49.8 Å². The van der Waals surface area contributed by atoms with Crippen molar-refractivity contribution in [3.63, 3.8) is 0 Å². The molecule has 2 aromatic carbocycles. The molecule has 6 rings (SSSR count). The molecule has 2 aliphatic rings. The fourth-order valence-electron chi connectivity index (χ4n) is 6.97. The molecule has 0 radical (unpaired) electrons. The number of hydrogen-bond acceptors (Lipinski definition) is 6. The highest BCUT2D eigenvalue weighted by Gasteiger charge is 2.28. The zero-order valence-electron chi connectivity index (χ0n) is 25.3. The second-order valence-corrected chi connectivity index (χ2v) is 11.7. The van der Waals surface area contributed by atoms with Gasteiger partial charge in [-0.1, -0.05) is 49.4 Å². The van der Waals surface area contributed by atoms with Crippen molar-refractivity contribution >= 4 is 17.9 Å². The van der Waals surface area contributed by atoms with Gasteiger partial charge >= 0.3 is 12.1 Å². The zero-order valence-corrected chi connectivity index (χ0v) is 25.3. The minimum Gasteiger partial charge on any atom is -0.465 e. The van der Waals surface area contributed by atoms with Crippen LogP contribution in [0.4, 0.5) is 10.6 Å². The molecule has 3 heterocycles. The van der Waals surface area contributed by atoms with Crippen LogP contribution in [0, 0.1) is 0 Å². The molecular formula is C35H39N5O4. The fraction of sp³-hybridized carbons (Fsp3) is 0.371. The Bertz CT molecular complexity index is 1690. The van der Waals surface area contributed by atoms with Crippen molar-refractivity contribution in [2.45, 2.75) is 64.2 Å². The third kappa shape index (κ3) is 5.66. The first-order chi connectivity index (χ1) is 21.4. The van der Waals surface area contributed by atoms with Gasteiger partial charge in [-0.05, 0) is 97.2 Å². The molecule has 9 nitrogen and oxygen atoms in total. The average Bonchev–Trinajstić information content (AvgIpc) is 3.64. The molecule has 9 heteroatoms. The van der Waals surface area contributed by atoms with Crippen LogP contribution in [0.25, 0.3) is 17.1 Å². The minimum atomic E-state index is -0.818. The monoisotopic (exact) mass is 593 g/mol. The van der Waals surface area contributed by atoms with Gasteiger partial charge in [-0.15, -0.1) is 0 Å². The van der Waals surface area contributed by atoms with Crippen LogP contribution in [0.1, 0.15) is 83.1 Å². The van der Waals surface area contributed by atoms with Gasteiger partial charge in [0.25, 0.3) is 0 Å². The maximum atomic E-state index is 12.3. The van der Waals surface area contributed by atoms with Crippen LogP contribution in [0.2, 0.25) is 0 Å². The van der Waals surface area contributed by atoms with Gasteiger partial charge in [0.05, 0.1) is 18.5 Å². The lowest BCUT2D eigenvalue weighted by atomic mass is 9.83. The maximum absolute atomic E-state index is 12.3. The molecule has 0 bridgehead atoms. The topological polar surface area (TPSA) is 124 Å². The summed E-state index contributed by atoms with van der Waals surface area (Å²) in [6.07, 6.45) is 6.37. The number of fused-ring (bicyclic) bond motifs is 1. The van der Waals surface area contributed by atoms with Crippen molar-refractivity contribution < 1.29 is 19.4 Å². The van der Waals surface area contributed by atoms with Crippen LogP contribution in [-0.4, -0.2) is 56.5 Å². The van der Waals surface area contributed by atoms with Crippen LogP contribution in [-0.2, 0) is 24.0 Å². The molecule has 1 aliphatic carbocycles. The van der Waals surface area contributed by atoms with E-state index >= 15 is 0 Å². The average molecular weight is 594 g/mol. The van der Waals surface area contributed by atoms with E-state index in [1.54, 1.807) is 6.92 Å². The molecule has 1 unspecified atom stereocenters. The number of carbonyl (C=O) groups is 2. The molecule has 2 aromatic heterocycles. The van der Waals surface area contributed by atoms with Crippen LogP contribution < -0.4 is 5.73 Å².